The van der Waals surface area contributed by atoms with Crippen LogP contribution < -0.4 is 5.32 Å². The molecule has 1 aliphatic carbocycles. The first-order chi connectivity index (χ1) is 8.84. The number of carbonyl (C=O) groups excluding carboxylic acids is 1. The molecular weight excluding hydrogens is 262 g/mol. The van der Waals surface area contributed by atoms with Crippen LogP contribution in [0.4, 0.5) is 0 Å². The van der Waals surface area contributed by atoms with Crippen LogP contribution in [0, 0.1) is 0 Å². The second-order valence-electron chi connectivity index (χ2n) is 5.95. The minimum atomic E-state index is 0. The topological polar surface area (TPSA) is 35.6 Å². The summed E-state index contributed by atoms with van der Waals surface area (Å²) in [4.78, 5) is 17.0. The zero-order valence-corrected chi connectivity index (χ0v) is 12.5. The number of rotatable bonds is 2. The van der Waals surface area contributed by atoms with Crippen molar-refractivity contribution < 1.29 is 4.79 Å². The van der Waals surface area contributed by atoms with Gasteiger partial charge in [0.2, 0.25) is 5.91 Å². The van der Waals surface area contributed by atoms with Crippen LogP contribution in [-0.4, -0.2) is 60.5 Å². The van der Waals surface area contributed by atoms with Crippen molar-refractivity contribution in [2.45, 2.75) is 50.6 Å². The summed E-state index contributed by atoms with van der Waals surface area (Å²) in [7, 11) is 0. The molecule has 110 valence electrons. The molecule has 0 spiro atoms. The number of hydrogen-bond acceptors (Lipinski definition) is 3. The number of carbonyl (C=O) groups is 1. The molecule has 5 heteroatoms. The Labute approximate surface area is 122 Å². The molecule has 0 aromatic rings. The van der Waals surface area contributed by atoms with E-state index in [9.17, 15) is 4.79 Å². The molecule has 2 aliphatic heterocycles. The summed E-state index contributed by atoms with van der Waals surface area (Å²) in [6, 6.07) is 0.926. The molecular formula is C14H26ClN3O. The fraction of sp³-hybridized carbons (Fsp3) is 0.929. The third-order valence-corrected chi connectivity index (χ3v) is 4.83. The average Bonchev–Trinajstić information content (AvgIpc) is 3.11. The highest BCUT2D eigenvalue weighted by atomic mass is 35.5. The lowest BCUT2D eigenvalue weighted by Crippen LogP contribution is -2.54. The molecule has 0 bridgehead atoms. The average molecular weight is 288 g/mol. The monoisotopic (exact) mass is 287 g/mol. The molecule has 0 aromatic carbocycles. The number of amides is 1. The van der Waals surface area contributed by atoms with Crippen LogP contribution in [0.15, 0.2) is 0 Å². The van der Waals surface area contributed by atoms with E-state index < -0.39 is 0 Å². The van der Waals surface area contributed by atoms with Crippen molar-refractivity contribution in [2.24, 2.45) is 0 Å². The number of hydrogen-bond donors (Lipinski definition) is 1. The molecule has 2 heterocycles. The summed E-state index contributed by atoms with van der Waals surface area (Å²) in [5.41, 5.74) is 0. The van der Waals surface area contributed by atoms with Gasteiger partial charge < -0.3 is 10.2 Å². The highest BCUT2D eigenvalue weighted by molar-refractivity contribution is 5.85. The zero-order chi connectivity index (χ0) is 12.4. The van der Waals surface area contributed by atoms with E-state index in [1.807, 2.05) is 0 Å². The Hall–Kier alpha value is -0.320. The summed E-state index contributed by atoms with van der Waals surface area (Å²) < 4.78 is 0. The molecule has 0 aromatic heterocycles. The Morgan fingerprint density at radius 3 is 2.21 bits per heavy atom. The lowest BCUT2D eigenvalue weighted by atomic mass is 10.1. The maximum Gasteiger partial charge on any atom is 0.239 e. The number of nitrogens with zero attached hydrogens (tertiary/aromatic N) is 2. The van der Waals surface area contributed by atoms with Gasteiger partial charge in [-0.3, -0.25) is 9.69 Å². The first kappa shape index (κ1) is 15.1. The maximum absolute atomic E-state index is 12.3. The van der Waals surface area contributed by atoms with Crippen LogP contribution in [0.1, 0.15) is 38.5 Å². The minimum Gasteiger partial charge on any atom is -0.339 e. The van der Waals surface area contributed by atoms with Gasteiger partial charge in [-0.2, -0.15) is 0 Å². The largest absolute Gasteiger partial charge is 0.339 e. The van der Waals surface area contributed by atoms with E-state index >= 15 is 0 Å². The van der Waals surface area contributed by atoms with Gasteiger partial charge in [0.15, 0.2) is 0 Å². The van der Waals surface area contributed by atoms with Crippen LogP contribution in [0.5, 0.6) is 0 Å². The molecule has 3 rings (SSSR count). The van der Waals surface area contributed by atoms with Crippen molar-refractivity contribution in [1.29, 1.82) is 0 Å². The molecule has 19 heavy (non-hydrogen) atoms. The first-order valence-corrected chi connectivity index (χ1v) is 7.61. The van der Waals surface area contributed by atoms with Crippen LogP contribution in [-0.2, 0) is 4.79 Å². The number of nitrogens with one attached hydrogen (secondary N) is 1. The highest BCUT2D eigenvalue weighted by Gasteiger charge is 2.31. The van der Waals surface area contributed by atoms with E-state index in [2.05, 4.69) is 15.1 Å². The lowest BCUT2D eigenvalue weighted by Gasteiger charge is -2.38. The number of piperazine rings is 1. The van der Waals surface area contributed by atoms with Gasteiger partial charge in [0, 0.05) is 32.2 Å². The minimum absolute atomic E-state index is 0. The summed E-state index contributed by atoms with van der Waals surface area (Å²) >= 11 is 0. The van der Waals surface area contributed by atoms with Gasteiger partial charge >= 0.3 is 0 Å². The summed E-state index contributed by atoms with van der Waals surface area (Å²) in [5.74, 6) is 0.346. The summed E-state index contributed by atoms with van der Waals surface area (Å²) in [6.45, 7) is 5.06. The van der Waals surface area contributed by atoms with Gasteiger partial charge in [0.25, 0.3) is 0 Å². The van der Waals surface area contributed by atoms with E-state index in [4.69, 9.17) is 0 Å². The van der Waals surface area contributed by atoms with E-state index in [0.717, 1.165) is 51.6 Å². The maximum atomic E-state index is 12.3. The smallest absolute Gasteiger partial charge is 0.239 e. The van der Waals surface area contributed by atoms with Crippen LogP contribution in [0.25, 0.3) is 0 Å². The van der Waals surface area contributed by atoms with E-state index in [-0.39, 0.29) is 18.4 Å². The standard InChI is InChI=1S/C14H25N3O.ClH/c18-14(13-6-3-7-15-13)17-10-8-16(9-11-17)12-4-1-2-5-12;/h12-13,15H,1-11H2;1H. The van der Waals surface area contributed by atoms with E-state index in [1.165, 1.54) is 25.7 Å². The second kappa shape index (κ2) is 6.91. The lowest BCUT2D eigenvalue weighted by molar-refractivity contribution is -0.135. The molecule has 4 nitrogen and oxygen atoms in total. The van der Waals surface area contributed by atoms with Crippen molar-refractivity contribution in [3.8, 4) is 0 Å². The van der Waals surface area contributed by atoms with Gasteiger partial charge in [-0.15, -0.1) is 12.4 Å². The molecule has 1 amide bonds. The normalized spacial score (nSPS) is 29.5. The zero-order valence-electron chi connectivity index (χ0n) is 11.6. The van der Waals surface area contributed by atoms with Gasteiger partial charge in [-0.1, -0.05) is 12.8 Å². The van der Waals surface area contributed by atoms with Crippen molar-refractivity contribution in [2.75, 3.05) is 32.7 Å². The third-order valence-electron chi connectivity index (χ3n) is 4.83. The fourth-order valence-electron chi connectivity index (χ4n) is 3.69. The second-order valence-corrected chi connectivity index (χ2v) is 5.95. The van der Waals surface area contributed by atoms with Crippen LogP contribution >= 0.6 is 12.4 Å². The van der Waals surface area contributed by atoms with Crippen molar-refractivity contribution in [3.63, 3.8) is 0 Å². The molecule has 0 radical (unpaired) electrons. The van der Waals surface area contributed by atoms with Gasteiger partial charge in [0.1, 0.15) is 0 Å². The Bertz CT molecular complexity index is 293. The van der Waals surface area contributed by atoms with E-state index in [1.54, 1.807) is 0 Å². The van der Waals surface area contributed by atoms with Crippen molar-refractivity contribution >= 4 is 18.3 Å². The SMILES string of the molecule is Cl.O=C(C1CCCN1)N1CCN(C2CCCC2)CC1. The fourth-order valence-corrected chi connectivity index (χ4v) is 3.69. The molecule has 1 atom stereocenters. The van der Waals surface area contributed by atoms with Gasteiger partial charge in [-0.05, 0) is 32.2 Å². The van der Waals surface area contributed by atoms with Crippen LogP contribution in [0.3, 0.4) is 0 Å². The van der Waals surface area contributed by atoms with Crippen molar-refractivity contribution in [1.82, 2.24) is 15.1 Å². The Balaban J connectivity index is 0.00000133. The number of halogens is 1. The van der Waals surface area contributed by atoms with Gasteiger partial charge in [-0.25, -0.2) is 0 Å². The predicted octanol–water partition coefficient (Wildman–Crippen LogP) is 1.25. The first-order valence-electron chi connectivity index (χ1n) is 7.61. The van der Waals surface area contributed by atoms with Crippen LogP contribution in [0.2, 0.25) is 0 Å². The Morgan fingerprint density at radius 1 is 0.947 bits per heavy atom. The van der Waals surface area contributed by atoms with Crippen molar-refractivity contribution in [3.05, 3.63) is 0 Å². The Morgan fingerprint density at radius 2 is 1.63 bits per heavy atom. The highest BCUT2D eigenvalue weighted by Crippen LogP contribution is 2.24. The summed E-state index contributed by atoms with van der Waals surface area (Å²) in [6.07, 6.45) is 7.72. The quantitative estimate of drug-likeness (QED) is 0.830. The predicted molar refractivity (Wildman–Crippen MR) is 78.7 cm³/mol. The Kier molecular flexibility index (Phi) is 5.48. The molecule has 3 aliphatic rings. The molecule has 3 fully saturated rings. The van der Waals surface area contributed by atoms with E-state index in [0.29, 0.717) is 5.91 Å². The summed E-state index contributed by atoms with van der Waals surface area (Å²) in [5, 5.41) is 3.32. The third kappa shape index (κ3) is 3.41. The molecule has 1 N–H and O–H groups in total. The molecule has 1 saturated carbocycles. The molecule has 1 unspecified atom stereocenters. The van der Waals surface area contributed by atoms with Gasteiger partial charge in [0.05, 0.1) is 6.04 Å². The molecule has 2 saturated heterocycles.